The highest BCUT2D eigenvalue weighted by atomic mass is 19.1. The molecule has 6 nitrogen and oxygen atoms in total. The van der Waals surface area contributed by atoms with Gasteiger partial charge in [0.25, 0.3) is 5.69 Å². The van der Waals surface area contributed by atoms with Crippen LogP contribution in [0.15, 0.2) is 24.5 Å². The molecule has 1 aromatic heterocycles. The van der Waals surface area contributed by atoms with Gasteiger partial charge >= 0.3 is 0 Å². The van der Waals surface area contributed by atoms with Crippen LogP contribution >= 0.6 is 0 Å². The van der Waals surface area contributed by atoms with Crippen molar-refractivity contribution in [1.82, 2.24) is 14.8 Å². The highest BCUT2D eigenvalue weighted by Crippen LogP contribution is 2.51. The van der Waals surface area contributed by atoms with Crippen LogP contribution in [-0.4, -0.2) is 19.7 Å². The van der Waals surface area contributed by atoms with Gasteiger partial charge in [0.1, 0.15) is 18.0 Å². The fourth-order valence-corrected chi connectivity index (χ4v) is 3.35. The molecule has 1 fully saturated rings. The third-order valence-corrected chi connectivity index (χ3v) is 4.18. The SMILES string of the molecule is CC1CC(c2cc(F)cc([N+](=O)[O-])c2)(c2nncn2C)C1. The third kappa shape index (κ3) is 2.09. The van der Waals surface area contributed by atoms with Crippen LogP contribution in [0.2, 0.25) is 0 Å². The number of halogens is 1. The van der Waals surface area contributed by atoms with E-state index in [0.717, 1.165) is 24.7 Å². The normalized spacial score (nSPS) is 24.6. The van der Waals surface area contributed by atoms with E-state index in [1.54, 1.807) is 10.9 Å². The molecule has 0 amide bonds. The second kappa shape index (κ2) is 4.61. The third-order valence-electron chi connectivity index (χ3n) is 4.18. The van der Waals surface area contributed by atoms with Gasteiger partial charge in [-0.15, -0.1) is 10.2 Å². The fourth-order valence-electron chi connectivity index (χ4n) is 3.35. The summed E-state index contributed by atoms with van der Waals surface area (Å²) in [5.74, 6) is 0.588. The van der Waals surface area contributed by atoms with E-state index < -0.39 is 16.2 Å². The number of hydrogen-bond acceptors (Lipinski definition) is 4. The van der Waals surface area contributed by atoms with Gasteiger partial charge in [-0.05, 0) is 30.4 Å². The Morgan fingerprint density at radius 3 is 2.67 bits per heavy atom. The summed E-state index contributed by atoms with van der Waals surface area (Å²) in [5, 5.41) is 19.0. The van der Waals surface area contributed by atoms with Crippen LogP contribution in [0.5, 0.6) is 0 Å². The second-order valence-corrected chi connectivity index (χ2v) is 5.82. The molecule has 0 unspecified atom stereocenters. The largest absolute Gasteiger partial charge is 0.320 e. The Hall–Kier alpha value is -2.31. The van der Waals surface area contributed by atoms with Crippen molar-refractivity contribution in [2.45, 2.75) is 25.2 Å². The standard InChI is InChI=1S/C14H15FN4O2/c1-9-6-14(7-9,13-17-16-8-18(13)2)10-3-11(15)5-12(4-10)19(20)21/h3-5,8-9H,6-7H2,1-2H3. The summed E-state index contributed by atoms with van der Waals surface area (Å²) in [6, 6.07) is 3.76. The molecule has 21 heavy (non-hydrogen) atoms. The number of hydrogen-bond donors (Lipinski definition) is 0. The second-order valence-electron chi connectivity index (χ2n) is 5.82. The van der Waals surface area contributed by atoms with Crippen LogP contribution in [0.25, 0.3) is 0 Å². The fraction of sp³-hybridized carbons (Fsp3) is 0.429. The molecule has 110 valence electrons. The zero-order valence-corrected chi connectivity index (χ0v) is 11.8. The monoisotopic (exact) mass is 290 g/mol. The van der Waals surface area contributed by atoms with E-state index in [1.807, 2.05) is 7.05 Å². The van der Waals surface area contributed by atoms with E-state index in [0.29, 0.717) is 11.5 Å². The number of aryl methyl sites for hydroxylation is 1. The zero-order chi connectivity index (χ0) is 15.2. The number of aromatic nitrogens is 3. The molecule has 0 atom stereocenters. The summed E-state index contributed by atoms with van der Waals surface area (Å²) in [7, 11) is 1.83. The highest BCUT2D eigenvalue weighted by molar-refractivity contribution is 5.44. The summed E-state index contributed by atoms with van der Waals surface area (Å²) in [6.07, 6.45) is 3.15. The summed E-state index contributed by atoms with van der Waals surface area (Å²) >= 11 is 0. The molecule has 1 aliphatic carbocycles. The van der Waals surface area contributed by atoms with Gasteiger partial charge in [0, 0.05) is 13.1 Å². The molecule has 0 aliphatic heterocycles. The number of nitro benzene ring substituents is 1. The van der Waals surface area contributed by atoms with E-state index in [1.165, 1.54) is 12.1 Å². The van der Waals surface area contributed by atoms with Gasteiger partial charge in [-0.25, -0.2) is 4.39 Å². The maximum Gasteiger partial charge on any atom is 0.272 e. The average Bonchev–Trinajstić information content (AvgIpc) is 2.80. The molecule has 0 bridgehead atoms. The predicted octanol–water partition coefficient (Wildman–Crippen LogP) is 2.58. The summed E-state index contributed by atoms with van der Waals surface area (Å²) in [4.78, 5) is 10.4. The summed E-state index contributed by atoms with van der Waals surface area (Å²) < 4.78 is 15.6. The predicted molar refractivity (Wildman–Crippen MR) is 73.2 cm³/mol. The molecule has 1 saturated carbocycles. The smallest absolute Gasteiger partial charge is 0.272 e. The molecule has 0 spiro atoms. The zero-order valence-electron chi connectivity index (χ0n) is 11.8. The van der Waals surface area contributed by atoms with Crippen molar-refractivity contribution >= 4 is 5.69 Å². The van der Waals surface area contributed by atoms with Gasteiger partial charge < -0.3 is 4.57 Å². The molecule has 1 heterocycles. The number of nitrogens with zero attached hydrogens (tertiary/aromatic N) is 4. The number of non-ortho nitro benzene ring substituents is 1. The number of benzene rings is 1. The van der Waals surface area contributed by atoms with Crippen molar-refractivity contribution in [3.63, 3.8) is 0 Å². The van der Waals surface area contributed by atoms with E-state index in [9.17, 15) is 14.5 Å². The first-order valence-corrected chi connectivity index (χ1v) is 6.72. The maximum absolute atomic E-state index is 13.8. The first-order chi connectivity index (χ1) is 9.92. The molecule has 0 N–H and O–H groups in total. The topological polar surface area (TPSA) is 73.8 Å². The van der Waals surface area contributed by atoms with E-state index in [4.69, 9.17) is 0 Å². The van der Waals surface area contributed by atoms with Crippen molar-refractivity contribution in [2.75, 3.05) is 0 Å². The Labute approximate surface area is 120 Å². The Bertz CT molecular complexity index is 707. The molecule has 1 aliphatic rings. The van der Waals surface area contributed by atoms with Crippen molar-refractivity contribution in [3.05, 3.63) is 51.8 Å². The minimum absolute atomic E-state index is 0.230. The molecular weight excluding hydrogens is 275 g/mol. The number of nitro groups is 1. The Balaban J connectivity index is 2.15. The lowest BCUT2D eigenvalue weighted by molar-refractivity contribution is -0.385. The van der Waals surface area contributed by atoms with Crippen LogP contribution in [-0.2, 0) is 12.5 Å². The van der Waals surface area contributed by atoms with Gasteiger partial charge in [-0.3, -0.25) is 10.1 Å². The molecule has 2 aromatic rings. The first-order valence-electron chi connectivity index (χ1n) is 6.72. The van der Waals surface area contributed by atoms with Crippen molar-refractivity contribution in [3.8, 4) is 0 Å². The van der Waals surface area contributed by atoms with E-state index >= 15 is 0 Å². The minimum atomic E-state index is -0.597. The lowest BCUT2D eigenvalue weighted by atomic mass is 9.58. The van der Waals surface area contributed by atoms with Crippen molar-refractivity contribution in [2.24, 2.45) is 13.0 Å². The van der Waals surface area contributed by atoms with Gasteiger partial charge in [0.15, 0.2) is 0 Å². The minimum Gasteiger partial charge on any atom is -0.320 e. The average molecular weight is 290 g/mol. The summed E-state index contributed by atoms with van der Waals surface area (Å²) in [6.45, 7) is 2.10. The van der Waals surface area contributed by atoms with Crippen LogP contribution in [0.1, 0.15) is 31.2 Å². The maximum atomic E-state index is 13.8. The van der Waals surface area contributed by atoms with Gasteiger partial charge in [-0.2, -0.15) is 0 Å². The Morgan fingerprint density at radius 1 is 1.43 bits per heavy atom. The van der Waals surface area contributed by atoms with Crippen molar-refractivity contribution < 1.29 is 9.31 Å². The lowest BCUT2D eigenvalue weighted by Crippen LogP contribution is -2.43. The lowest BCUT2D eigenvalue weighted by Gasteiger charge is -2.45. The van der Waals surface area contributed by atoms with E-state index in [2.05, 4.69) is 17.1 Å². The molecule has 1 aromatic carbocycles. The molecule has 7 heteroatoms. The van der Waals surface area contributed by atoms with E-state index in [-0.39, 0.29) is 5.69 Å². The highest BCUT2D eigenvalue weighted by Gasteiger charge is 2.48. The van der Waals surface area contributed by atoms with Crippen LogP contribution < -0.4 is 0 Å². The van der Waals surface area contributed by atoms with Gasteiger partial charge in [-0.1, -0.05) is 6.92 Å². The van der Waals surface area contributed by atoms with Gasteiger partial charge in [0.2, 0.25) is 0 Å². The number of rotatable bonds is 3. The van der Waals surface area contributed by atoms with Crippen molar-refractivity contribution in [1.29, 1.82) is 0 Å². The van der Waals surface area contributed by atoms with Crippen LogP contribution in [0.3, 0.4) is 0 Å². The molecular formula is C14H15FN4O2. The Kier molecular flexibility index (Phi) is 3.00. The van der Waals surface area contributed by atoms with Gasteiger partial charge in [0.05, 0.1) is 16.4 Å². The molecule has 3 rings (SSSR count). The quantitative estimate of drug-likeness (QED) is 0.643. The molecule has 0 saturated heterocycles. The molecule has 0 radical (unpaired) electrons. The van der Waals surface area contributed by atoms with Crippen LogP contribution in [0.4, 0.5) is 10.1 Å². The van der Waals surface area contributed by atoms with Crippen LogP contribution in [0, 0.1) is 21.8 Å². The summed E-state index contributed by atoms with van der Waals surface area (Å²) in [5.41, 5.74) is -0.119. The first kappa shape index (κ1) is 13.7. The Morgan fingerprint density at radius 2 is 2.14 bits per heavy atom.